The summed E-state index contributed by atoms with van der Waals surface area (Å²) in [7, 11) is 3.26. The van der Waals surface area contributed by atoms with Gasteiger partial charge in [0.05, 0.1) is 6.04 Å². The fourth-order valence-electron chi connectivity index (χ4n) is 1.79. The van der Waals surface area contributed by atoms with Crippen molar-refractivity contribution in [2.75, 3.05) is 27.3 Å². The Hall–Kier alpha value is -0.650. The predicted octanol–water partition coefficient (Wildman–Crippen LogP) is -0.404. The number of rotatable bonds is 4. The molecule has 0 saturated carbocycles. The van der Waals surface area contributed by atoms with Crippen molar-refractivity contribution in [2.24, 2.45) is 5.73 Å². The Balaban J connectivity index is 2.56. The van der Waals surface area contributed by atoms with Gasteiger partial charge in [0.25, 0.3) is 0 Å². The summed E-state index contributed by atoms with van der Waals surface area (Å²) in [5.41, 5.74) is 5.70. The summed E-state index contributed by atoms with van der Waals surface area (Å²) in [6.45, 7) is 3.04. The number of ether oxygens (including phenoxy) is 2. The van der Waals surface area contributed by atoms with E-state index in [9.17, 15) is 4.79 Å². The maximum atomic E-state index is 11.8. The van der Waals surface area contributed by atoms with Gasteiger partial charge < -0.3 is 20.1 Å². The zero-order chi connectivity index (χ0) is 11.4. The Morgan fingerprint density at radius 3 is 2.20 bits per heavy atom. The van der Waals surface area contributed by atoms with E-state index in [0.717, 1.165) is 0 Å². The van der Waals surface area contributed by atoms with E-state index >= 15 is 0 Å². The van der Waals surface area contributed by atoms with Crippen LogP contribution in [0.1, 0.15) is 13.3 Å². The van der Waals surface area contributed by atoms with E-state index < -0.39 is 6.04 Å². The van der Waals surface area contributed by atoms with Crippen LogP contribution in [-0.2, 0) is 14.3 Å². The number of hydrogen-bond donors (Lipinski definition) is 1. The normalized spacial score (nSPS) is 28.1. The molecular formula is C10H20N2O3. The van der Waals surface area contributed by atoms with Crippen LogP contribution in [0.5, 0.6) is 0 Å². The van der Waals surface area contributed by atoms with Crippen molar-refractivity contribution in [1.29, 1.82) is 0 Å². The number of amides is 1. The van der Waals surface area contributed by atoms with Gasteiger partial charge >= 0.3 is 0 Å². The summed E-state index contributed by atoms with van der Waals surface area (Å²) in [4.78, 5) is 13.5. The van der Waals surface area contributed by atoms with Crippen molar-refractivity contribution in [2.45, 2.75) is 31.6 Å². The number of likely N-dealkylation sites (tertiary alicyclic amines) is 1. The minimum atomic E-state index is -0.405. The fourth-order valence-corrected chi connectivity index (χ4v) is 1.79. The van der Waals surface area contributed by atoms with E-state index in [1.165, 1.54) is 0 Å². The molecule has 3 unspecified atom stereocenters. The van der Waals surface area contributed by atoms with Gasteiger partial charge in [-0.1, -0.05) is 6.92 Å². The molecule has 5 nitrogen and oxygen atoms in total. The SMILES string of the molecule is CCC(N)C(=O)N1CC(OC)C(OC)C1. The molecule has 3 atom stereocenters. The van der Waals surface area contributed by atoms with Crippen molar-refractivity contribution in [3.63, 3.8) is 0 Å². The highest BCUT2D eigenvalue weighted by atomic mass is 16.5. The summed E-state index contributed by atoms with van der Waals surface area (Å²) in [6.07, 6.45) is 0.580. The first-order valence-electron chi connectivity index (χ1n) is 5.24. The van der Waals surface area contributed by atoms with Gasteiger partial charge in [-0.15, -0.1) is 0 Å². The molecule has 0 radical (unpaired) electrons. The van der Waals surface area contributed by atoms with Crippen LogP contribution in [0.2, 0.25) is 0 Å². The van der Waals surface area contributed by atoms with Crippen molar-refractivity contribution in [1.82, 2.24) is 4.90 Å². The van der Waals surface area contributed by atoms with E-state index in [2.05, 4.69) is 0 Å². The fraction of sp³-hybridized carbons (Fsp3) is 0.900. The second-order valence-corrected chi connectivity index (χ2v) is 3.81. The molecule has 1 rings (SSSR count). The lowest BCUT2D eigenvalue weighted by Gasteiger charge is -2.19. The number of carbonyl (C=O) groups excluding carboxylic acids is 1. The Morgan fingerprint density at radius 1 is 1.40 bits per heavy atom. The lowest BCUT2D eigenvalue weighted by Crippen LogP contribution is -2.42. The minimum absolute atomic E-state index is 0.0147. The largest absolute Gasteiger partial charge is 0.377 e. The lowest BCUT2D eigenvalue weighted by molar-refractivity contribution is -0.132. The molecule has 1 heterocycles. The van der Waals surface area contributed by atoms with Crippen molar-refractivity contribution in [3.05, 3.63) is 0 Å². The van der Waals surface area contributed by atoms with Gasteiger partial charge in [-0.3, -0.25) is 4.79 Å². The molecule has 15 heavy (non-hydrogen) atoms. The molecule has 1 aliphatic rings. The number of nitrogens with zero attached hydrogens (tertiary/aromatic N) is 1. The van der Waals surface area contributed by atoms with Gasteiger partial charge in [0, 0.05) is 27.3 Å². The van der Waals surface area contributed by atoms with Crippen molar-refractivity contribution >= 4 is 5.91 Å². The summed E-state index contributed by atoms with van der Waals surface area (Å²) >= 11 is 0. The number of methoxy groups -OCH3 is 2. The maximum Gasteiger partial charge on any atom is 0.239 e. The molecule has 88 valence electrons. The van der Waals surface area contributed by atoms with Crippen LogP contribution >= 0.6 is 0 Å². The first-order valence-corrected chi connectivity index (χ1v) is 5.24. The third-order valence-corrected chi connectivity index (χ3v) is 2.89. The van der Waals surface area contributed by atoms with E-state index in [1.54, 1.807) is 19.1 Å². The molecule has 1 saturated heterocycles. The zero-order valence-corrected chi connectivity index (χ0v) is 9.60. The second kappa shape index (κ2) is 5.44. The van der Waals surface area contributed by atoms with E-state index in [0.29, 0.717) is 19.5 Å². The van der Waals surface area contributed by atoms with Crippen molar-refractivity contribution in [3.8, 4) is 0 Å². The molecule has 0 spiro atoms. The van der Waals surface area contributed by atoms with Crippen LogP contribution in [0.3, 0.4) is 0 Å². The van der Waals surface area contributed by atoms with Crippen LogP contribution in [0.15, 0.2) is 0 Å². The molecule has 1 fully saturated rings. The number of hydrogen-bond acceptors (Lipinski definition) is 4. The van der Waals surface area contributed by atoms with Gasteiger partial charge in [-0.25, -0.2) is 0 Å². The van der Waals surface area contributed by atoms with Gasteiger partial charge in [-0.2, -0.15) is 0 Å². The van der Waals surface area contributed by atoms with Gasteiger partial charge in [0.2, 0.25) is 5.91 Å². The third kappa shape index (κ3) is 2.68. The quantitative estimate of drug-likeness (QED) is 0.694. The molecule has 2 N–H and O–H groups in total. The van der Waals surface area contributed by atoms with Crippen LogP contribution in [-0.4, -0.2) is 56.4 Å². The average molecular weight is 216 g/mol. The first-order chi connectivity index (χ1) is 7.13. The van der Waals surface area contributed by atoms with Gasteiger partial charge in [-0.05, 0) is 6.42 Å². The Labute approximate surface area is 90.5 Å². The number of nitrogens with two attached hydrogens (primary N) is 1. The highest BCUT2D eigenvalue weighted by Crippen LogP contribution is 2.16. The monoisotopic (exact) mass is 216 g/mol. The first kappa shape index (κ1) is 12.4. The Kier molecular flexibility index (Phi) is 4.50. The number of carbonyl (C=O) groups is 1. The van der Waals surface area contributed by atoms with E-state index in [-0.39, 0.29) is 18.1 Å². The van der Waals surface area contributed by atoms with Crippen LogP contribution in [0.4, 0.5) is 0 Å². The van der Waals surface area contributed by atoms with E-state index in [1.807, 2.05) is 6.92 Å². The average Bonchev–Trinajstić information content (AvgIpc) is 2.69. The van der Waals surface area contributed by atoms with Gasteiger partial charge in [0.1, 0.15) is 12.2 Å². The minimum Gasteiger partial charge on any atom is -0.377 e. The van der Waals surface area contributed by atoms with Crippen LogP contribution in [0, 0.1) is 0 Å². The summed E-state index contributed by atoms with van der Waals surface area (Å²) in [6, 6.07) is -0.405. The molecule has 1 amide bonds. The summed E-state index contributed by atoms with van der Waals surface area (Å²) < 4.78 is 10.5. The molecular weight excluding hydrogens is 196 g/mol. The Bertz CT molecular complexity index is 211. The van der Waals surface area contributed by atoms with Crippen molar-refractivity contribution < 1.29 is 14.3 Å². The summed E-state index contributed by atoms with van der Waals surface area (Å²) in [5.74, 6) is -0.0147. The lowest BCUT2D eigenvalue weighted by atomic mass is 10.2. The van der Waals surface area contributed by atoms with Crippen LogP contribution in [0.25, 0.3) is 0 Å². The molecule has 0 aliphatic carbocycles. The maximum absolute atomic E-state index is 11.8. The standard InChI is InChI=1S/C10H20N2O3/c1-4-7(11)10(13)12-5-8(14-2)9(6-12)15-3/h7-9H,4-6,11H2,1-3H3. The highest BCUT2D eigenvalue weighted by molar-refractivity contribution is 5.82. The summed E-state index contributed by atoms with van der Waals surface area (Å²) in [5, 5.41) is 0. The topological polar surface area (TPSA) is 64.8 Å². The Morgan fingerprint density at radius 2 is 1.87 bits per heavy atom. The highest BCUT2D eigenvalue weighted by Gasteiger charge is 2.36. The predicted molar refractivity (Wildman–Crippen MR) is 56.4 cm³/mol. The second-order valence-electron chi connectivity index (χ2n) is 3.81. The molecule has 0 aromatic rings. The van der Waals surface area contributed by atoms with Crippen LogP contribution < -0.4 is 5.73 Å². The molecule has 0 aromatic heterocycles. The van der Waals surface area contributed by atoms with Gasteiger partial charge in [0.15, 0.2) is 0 Å². The molecule has 0 bridgehead atoms. The zero-order valence-electron chi connectivity index (χ0n) is 9.60. The smallest absolute Gasteiger partial charge is 0.239 e. The molecule has 1 aliphatic heterocycles. The molecule has 0 aromatic carbocycles. The third-order valence-electron chi connectivity index (χ3n) is 2.89. The molecule has 5 heteroatoms. The van der Waals surface area contributed by atoms with E-state index in [4.69, 9.17) is 15.2 Å².